The van der Waals surface area contributed by atoms with Crippen LogP contribution in [0.2, 0.25) is 0 Å². The van der Waals surface area contributed by atoms with Crippen molar-refractivity contribution in [1.29, 1.82) is 0 Å². The molecule has 3 aromatic rings. The van der Waals surface area contributed by atoms with E-state index in [1.165, 1.54) is 24.5 Å². The quantitative estimate of drug-likeness (QED) is 0.576. The van der Waals surface area contributed by atoms with E-state index in [1.807, 2.05) is 35.7 Å². The van der Waals surface area contributed by atoms with Gasteiger partial charge in [0.1, 0.15) is 15.7 Å². The fraction of sp³-hybridized carbons (Fsp3) is 0.158. The predicted molar refractivity (Wildman–Crippen MR) is 107 cm³/mol. The first kappa shape index (κ1) is 20.0. The lowest BCUT2D eigenvalue weighted by molar-refractivity contribution is -0.120. The van der Waals surface area contributed by atoms with Gasteiger partial charge in [-0.15, -0.1) is 16.2 Å². The van der Waals surface area contributed by atoms with Crippen molar-refractivity contribution in [3.8, 4) is 17.0 Å². The molecule has 0 aliphatic heterocycles. The largest absolute Gasteiger partial charge is 0.495 e. The highest BCUT2D eigenvalue weighted by atomic mass is 32.2. The predicted octanol–water partition coefficient (Wildman–Crippen LogP) is 2.68. The van der Waals surface area contributed by atoms with E-state index in [0.717, 1.165) is 16.8 Å². The molecule has 0 saturated carbocycles. The Morgan fingerprint density at radius 2 is 1.93 bits per heavy atom. The lowest BCUT2D eigenvalue weighted by atomic mass is 10.2. The topological polar surface area (TPSA) is 97.4 Å². The monoisotopic (exact) mass is 417 g/mol. The molecule has 9 heteroatoms. The van der Waals surface area contributed by atoms with Crippen LogP contribution in [0.1, 0.15) is 10.6 Å². The van der Waals surface area contributed by atoms with Gasteiger partial charge in [-0.1, -0.05) is 36.4 Å². The maximum atomic E-state index is 12.5. The summed E-state index contributed by atoms with van der Waals surface area (Å²) in [6.07, 6.45) is -0.0367. The van der Waals surface area contributed by atoms with Crippen molar-refractivity contribution < 1.29 is 17.9 Å². The molecule has 2 aromatic carbocycles. The number of carbonyl (C=O) groups is 1. The van der Waals surface area contributed by atoms with Gasteiger partial charge in [0.05, 0.1) is 19.2 Å². The molecule has 0 aliphatic carbocycles. The van der Waals surface area contributed by atoms with E-state index in [-0.39, 0.29) is 17.1 Å². The number of nitrogens with one attached hydrogen (secondary N) is 2. The van der Waals surface area contributed by atoms with Gasteiger partial charge in [0.2, 0.25) is 5.91 Å². The average Bonchev–Trinajstić information content (AvgIpc) is 3.15. The van der Waals surface area contributed by atoms with E-state index in [9.17, 15) is 13.2 Å². The third-order valence-electron chi connectivity index (χ3n) is 3.87. The van der Waals surface area contributed by atoms with Crippen molar-refractivity contribution in [2.75, 3.05) is 7.11 Å². The summed E-state index contributed by atoms with van der Waals surface area (Å²) in [5.41, 5.74) is 4.71. The van der Waals surface area contributed by atoms with E-state index in [0.29, 0.717) is 5.01 Å². The Morgan fingerprint density at radius 3 is 2.64 bits per heavy atom. The van der Waals surface area contributed by atoms with Crippen LogP contribution in [0.25, 0.3) is 11.3 Å². The molecule has 0 spiro atoms. The lowest BCUT2D eigenvalue weighted by Crippen LogP contribution is -2.42. The summed E-state index contributed by atoms with van der Waals surface area (Å²) in [4.78, 5) is 18.6. The third-order valence-corrected chi connectivity index (χ3v) is 5.98. The minimum absolute atomic E-state index is 0.0367. The molecular weight excluding hydrogens is 398 g/mol. The van der Waals surface area contributed by atoms with Crippen LogP contribution in [-0.4, -0.2) is 26.4 Å². The smallest absolute Gasteiger partial charge is 0.261 e. The zero-order valence-electron chi connectivity index (χ0n) is 15.3. The minimum Gasteiger partial charge on any atom is -0.495 e. The van der Waals surface area contributed by atoms with E-state index >= 15 is 0 Å². The number of thiazole rings is 1. The molecule has 1 heterocycles. The van der Waals surface area contributed by atoms with Gasteiger partial charge in [0.15, 0.2) is 0 Å². The normalized spacial score (nSPS) is 11.2. The summed E-state index contributed by atoms with van der Waals surface area (Å²) in [6.45, 7) is 1.77. The Hall–Kier alpha value is -2.75. The van der Waals surface area contributed by atoms with Crippen LogP contribution in [0.3, 0.4) is 0 Å². The maximum Gasteiger partial charge on any atom is 0.261 e. The summed E-state index contributed by atoms with van der Waals surface area (Å²) in [5.74, 6) is -0.316. The second-order valence-corrected chi connectivity index (χ2v) is 8.57. The number of hydrazine groups is 1. The number of amides is 1. The van der Waals surface area contributed by atoms with E-state index in [1.54, 1.807) is 19.1 Å². The van der Waals surface area contributed by atoms with Crippen molar-refractivity contribution in [3.63, 3.8) is 0 Å². The van der Waals surface area contributed by atoms with Crippen LogP contribution < -0.4 is 15.0 Å². The first-order valence-corrected chi connectivity index (χ1v) is 10.7. The molecule has 0 atom stereocenters. The fourth-order valence-corrected chi connectivity index (χ4v) is 4.41. The lowest BCUT2D eigenvalue weighted by Gasteiger charge is -2.12. The molecule has 0 radical (unpaired) electrons. The molecule has 28 heavy (non-hydrogen) atoms. The van der Waals surface area contributed by atoms with Crippen molar-refractivity contribution >= 4 is 27.3 Å². The molecule has 1 aromatic heterocycles. The van der Waals surface area contributed by atoms with Crippen molar-refractivity contribution in [1.82, 2.24) is 15.2 Å². The Morgan fingerprint density at radius 1 is 1.18 bits per heavy atom. The summed E-state index contributed by atoms with van der Waals surface area (Å²) in [5, 5.41) is 2.45. The number of carbonyl (C=O) groups excluding carboxylic acids is 1. The van der Waals surface area contributed by atoms with Crippen LogP contribution in [0.5, 0.6) is 5.75 Å². The van der Waals surface area contributed by atoms with Crippen LogP contribution in [0.4, 0.5) is 0 Å². The van der Waals surface area contributed by atoms with Crippen LogP contribution in [0.15, 0.2) is 58.8 Å². The molecule has 3 rings (SSSR count). The minimum atomic E-state index is -3.97. The number of benzene rings is 2. The standard InChI is InChI=1S/C19H19N3O4S2/c1-13-8-9-16(26-2)17(10-13)28(24,25)22-21-18(23)11-19-20-15(12-27-19)14-6-4-3-5-7-14/h3-10,12,22H,11H2,1-2H3,(H,21,23). The molecule has 0 aliphatic rings. The molecule has 146 valence electrons. The third kappa shape index (κ3) is 4.75. The van der Waals surface area contributed by atoms with Gasteiger partial charge in [-0.3, -0.25) is 10.2 Å². The average molecular weight is 418 g/mol. The van der Waals surface area contributed by atoms with Crippen molar-refractivity contribution in [2.45, 2.75) is 18.2 Å². The second-order valence-electron chi connectivity index (χ2n) is 5.98. The molecular formula is C19H19N3O4S2. The molecule has 1 amide bonds. The van der Waals surface area contributed by atoms with Crippen LogP contribution in [0, 0.1) is 6.92 Å². The zero-order valence-corrected chi connectivity index (χ0v) is 16.9. The first-order valence-electron chi connectivity index (χ1n) is 8.34. The number of hydrogen-bond acceptors (Lipinski definition) is 6. The number of rotatable bonds is 7. The Labute approximate surface area is 167 Å². The van der Waals surface area contributed by atoms with Gasteiger partial charge in [0, 0.05) is 10.9 Å². The summed E-state index contributed by atoms with van der Waals surface area (Å²) >= 11 is 1.34. The Balaban J connectivity index is 1.65. The Kier molecular flexibility index (Phi) is 6.08. The number of aryl methyl sites for hydroxylation is 1. The highest BCUT2D eigenvalue weighted by Crippen LogP contribution is 2.24. The second kappa shape index (κ2) is 8.51. The SMILES string of the molecule is COc1ccc(C)cc1S(=O)(=O)NNC(=O)Cc1nc(-c2ccccc2)cs1. The van der Waals surface area contributed by atoms with Gasteiger partial charge in [-0.2, -0.15) is 0 Å². The number of sulfonamides is 1. The molecule has 0 fully saturated rings. The number of methoxy groups -OCH3 is 1. The van der Waals surface area contributed by atoms with Gasteiger partial charge in [-0.05, 0) is 24.6 Å². The number of nitrogens with zero attached hydrogens (tertiary/aromatic N) is 1. The van der Waals surface area contributed by atoms with E-state index < -0.39 is 15.9 Å². The number of aromatic nitrogens is 1. The van der Waals surface area contributed by atoms with Gasteiger partial charge < -0.3 is 4.74 Å². The summed E-state index contributed by atoms with van der Waals surface area (Å²) < 4.78 is 30.1. The highest BCUT2D eigenvalue weighted by Gasteiger charge is 2.20. The first-order chi connectivity index (χ1) is 13.4. The van der Waals surface area contributed by atoms with Crippen LogP contribution in [-0.2, 0) is 21.2 Å². The molecule has 0 unspecified atom stereocenters. The van der Waals surface area contributed by atoms with E-state index in [4.69, 9.17) is 4.74 Å². The summed E-state index contributed by atoms with van der Waals surface area (Å²) in [6, 6.07) is 14.4. The molecule has 0 bridgehead atoms. The summed E-state index contributed by atoms with van der Waals surface area (Å²) in [7, 11) is -2.59. The fourth-order valence-electron chi connectivity index (χ4n) is 2.49. The highest BCUT2D eigenvalue weighted by molar-refractivity contribution is 7.89. The van der Waals surface area contributed by atoms with Gasteiger partial charge in [0.25, 0.3) is 10.0 Å². The number of ether oxygens (including phenoxy) is 1. The zero-order chi connectivity index (χ0) is 20.1. The molecule has 7 nitrogen and oxygen atoms in total. The Bertz CT molecular complexity index is 1080. The maximum absolute atomic E-state index is 12.5. The number of hydrogen-bond donors (Lipinski definition) is 2. The van der Waals surface area contributed by atoms with Gasteiger partial charge in [-0.25, -0.2) is 13.4 Å². The van der Waals surface area contributed by atoms with Gasteiger partial charge >= 0.3 is 0 Å². The van der Waals surface area contributed by atoms with Crippen molar-refractivity contribution in [2.24, 2.45) is 0 Å². The van der Waals surface area contributed by atoms with Crippen molar-refractivity contribution in [3.05, 3.63) is 64.5 Å². The van der Waals surface area contributed by atoms with E-state index in [2.05, 4.69) is 15.2 Å². The molecule has 2 N–H and O–H groups in total. The molecule has 0 saturated heterocycles. The van der Waals surface area contributed by atoms with Crippen LogP contribution >= 0.6 is 11.3 Å².